The first-order valence-corrected chi connectivity index (χ1v) is 10.6. The van der Waals surface area contributed by atoms with Crippen LogP contribution in [-0.2, 0) is 9.84 Å². The topological polar surface area (TPSA) is 75.2 Å². The van der Waals surface area contributed by atoms with Crippen LogP contribution in [0.2, 0.25) is 0 Å². The summed E-state index contributed by atoms with van der Waals surface area (Å²) in [7, 11) is -3.17. The smallest absolute Gasteiger partial charge is 0.169 e. The number of hydrogen-bond donors (Lipinski definition) is 1. The molecule has 118 valence electrons. The summed E-state index contributed by atoms with van der Waals surface area (Å²) in [6, 6.07) is 0. The Bertz CT molecular complexity index is 597. The minimum atomic E-state index is -3.17. The lowest BCUT2D eigenvalue weighted by Gasteiger charge is -2.35. The van der Waals surface area contributed by atoms with Gasteiger partial charge in [-0.3, -0.25) is 0 Å². The lowest BCUT2D eigenvalue weighted by atomic mass is 10.4. The molecule has 0 amide bonds. The zero-order chi connectivity index (χ0) is 15.5. The van der Waals surface area contributed by atoms with E-state index in [0.29, 0.717) is 23.9 Å². The van der Waals surface area contributed by atoms with E-state index in [1.54, 1.807) is 11.8 Å². The van der Waals surface area contributed by atoms with Gasteiger partial charge in [-0.1, -0.05) is 6.92 Å². The molecule has 0 aliphatic carbocycles. The number of thioether (sulfide) groups is 1. The Morgan fingerprint density at radius 1 is 1.52 bits per heavy atom. The van der Waals surface area contributed by atoms with Crippen molar-refractivity contribution in [3.63, 3.8) is 0 Å². The van der Waals surface area contributed by atoms with E-state index in [1.165, 1.54) is 12.6 Å². The predicted molar refractivity (Wildman–Crippen MR) is 91.8 cm³/mol. The molecule has 0 radical (unpaired) electrons. The molecule has 0 bridgehead atoms. The quantitative estimate of drug-likeness (QED) is 0.817. The average Bonchev–Trinajstić information content (AvgIpc) is 2.45. The molecule has 1 aliphatic heterocycles. The molecule has 1 fully saturated rings. The summed E-state index contributed by atoms with van der Waals surface area (Å²) in [5, 5.41) is 2.68. The van der Waals surface area contributed by atoms with Crippen molar-refractivity contribution in [2.75, 3.05) is 41.1 Å². The lowest BCUT2D eigenvalue weighted by Crippen LogP contribution is -2.47. The van der Waals surface area contributed by atoms with Gasteiger partial charge >= 0.3 is 0 Å². The summed E-state index contributed by atoms with van der Waals surface area (Å²) in [6.07, 6.45) is 3.74. The van der Waals surface area contributed by atoms with Crippen LogP contribution < -0.4 is 10.2 Å². The fourth-order valence-electron chi connectivity index (χ4n) is 2.11. The van der Waals surface area contributed by atoms with E-state index in [0.717, 1.165) is 23.2 Å². The highest BCUT2D eigenvalue weighted by Crippen LogP contribution is 2.33. The van der Waals surface area contributed by atoms with Crippen molar-refractivity contribution in [2.45, 2.75) is 18.7 Å². The molecule has 1 saturated heterocycles. The van der Waals surface area contributed by atoms with E-state index in [2.05, 4.69) is 38.1 Å². The molecule has 0 aromatic carbocycles. The van der Waals surface area contributed by atoms with Crippen molar-refractivity contribution in [1.29, 1.82) is 0 Å². The second kappa shape index (κ2) is 7.15. The number of nitrogens with one attached hydrogen (secondary N) is 1. The van der Waals surface area contributed by atoms with Gasteiger partial charge in [0.25, 0.3) is 0 Å². The van der Waals surface area contributed by atoms with Gasteiger partial charge in [0, 0.05) is 30.9 Å². The van der Waals surface area contributed by atoms with Gasteiger partial charge in [0.2, 0.25) is 0 Å². The van der Waals surface area contributed by atoms with E-state index in [1.807, 2.05) is 4.90 Å². The van der Waals surface area contributed by atoms with Crippen molar-refractivity contribution >= 4 is 49.2 Å². The fourth-order valence-corrected chi connectivity index (χ4v) is 5.50. The first kappa shape index (κ1) is 16.8. The normalized spacial score (nSPS) is 19.6. The van der Waals surface area contributed by atoms with Crippen LogP contribution in [0.15, 0.2) is 10.8 Å². The molecular weight excluding hydrogens is 376 g/mol. The number of sulfone groups is 1. The van der Waals surface area contributed by atoms with E-state index < -0.39 is 15.2 Å². The number of rotatable bonds is 5. The lowest BCUT2D eigenvalue weighted by molar-refractivity contribution is 0.583. The molecule has 1 aromatic rings. The second-order valence-corrected chi connectivity index (χ2v) is 8.99. The first-order chi connectivity index (χ1) is 9.95. The fraction of sp³-hybridized carbons (Fsp3) is 0.667. The number of halogens is 1. The van der Waals surface area contributed by atoms with Crippen LogP contribution in [0, 0.1) is 0 Å². The Balaban J connectivity index is 2.35. The van der Waals surface area contributed by atoms with Crippen LogP contribution in [0.25, 0.3) is 0 Å². The van der Waals surface area contributed by atoms with E-state index in [-0.39, 0.29) is 0 Å². The van der Waals surface area contributed by atoms with Crippen LogP contribution in [-0.4, -0.2) is 54.6 Å². The summed E-state index contributed by atoms with van der Waals surface area (Å²) in [5.41, 5.74) is 0. The van der Waals surface area contributed by atoms with Crippen LogP contribution in [0.5, 0.6) is 0 Å². The molecule has 0 spiro atoms. The number of nitrogens with zero attached hydrogens (tertiary/aromatic N) is 3. The van der Waals surface area contributed by atoms with Gasteiger partial charge in [-0.25, -0.2) is 18.4 Å². The molecule has 21 heavy (non-hydrogen) atoms. The van der Waals surface area contributed by atoms with E-state index in [4.69, 9.17) is 0 Å². The standard InChI is InChI=1S/C12H19BrN4O2S2/c1-3-4-14-11-10(13)12(16-8-15-11)17-5-6-20-7-9(17)21(2,18)19/h8-9H,3-7H2,1-2H3,(H,14,15,16). The van der Waals surface area contributed by atoms with Gasteiger partial charge in [-0.2, -0.15) is 11.8 Å². The zero-order valence-corrected chi connectivity index (χ0v) is 15.3. The SMILES string of the molecule is CCCNc1ncnc(N2CCSCC2S(C)(=O)=O)c1Br. The molecule has 2 heterocycles. The highest BCUT2D eigenvalue weighted by molar-refractivity contribution is 9.10. The molecule has 6 nitrogen and oxygen atoms in total. The highest BCUT2D eigenvalue weighted by Gasteiger charge is 2.33. The molecule has 2 rings (SSSR count). The third-order valence-corrected chi connectivity index (χ3v) is 6.54. The number of aromatic nitrogens is 2. The molecular formula is C12H19BrN4O2S2. The Morgan fingerprint density at radius 2 is 2.29 bits per heavy atom. The van der Waals surface area contributed by atoms with Crippen molar-refractivity contribution in [2.24, 2.45) is 0 Å². The summed E-state index contributed by atoms with van der Waals surface area (Å²) in [4.78, 5) is 10.4. The van der Waals surface area contributed by atoms with Gasteiger partial charge in [0.15, 0.2) is 9.84 Å². The van der Waals surface area contributed by atoms with Gasteiger partial charge < -0.3 is 10.2 Å². The van der Waals surface area contributed by atoms with Gasteiger partial charge in [-0.05, 0) is 22.4 Å². The monoisotopic (exact) mass is 394 g/mol. The molecule has 1 aliphatic rings. The minimum Gasteiger partial charge on any atom is -0.369 e. The van der Waals surface area contributed by atoms with Crippen molar-refractivity contribution in [3.8, 4) is 0 Å². The molecule has 0 saturated carbocycles. The van der Waals surface area contributed by atoms with Crippen molar-refractivity contribution < 1.29 is 8.42 Å². The van der Waals surface area contributed by atoms with E-state index in [9.17, 15) is 8.42 Å². The Morgan fingerprint density at radius 3 is 2.95 bits per heavy atom. The summed E-state index contributed by atoms with van der Waals surface area (Å²) in [5.74, 6) is 2.79. The molecule has 1 N–H and O–H groups in total. The minimum absolute atomic E-state index is 0.540. The summed E-state index contributed by atoms with van der Waals surface area (Å²) in [6.45, 7) is 3.54. The zero-order valence-electron chi connectivity index (χ0n) is 12.0. The van der Waals surface area contributed by atoms with Crippen LogP contribution in [0.1, 0.15) is 13.3 Å². The largest absolute Gasteiger partial charge is 0.369 e. The Kier molecular flexibility index (Phi) is 5.73. The number of hydrogen-bond acceptors (Lipinski definition) is 7. The Labute approximate surface area is 138 Å². The van der Waals surface area contributed by atoms with Crippen molar-refractivity contribution in [1.82, 2.24) is 9.97 Å². The van der Waals surface area contributed by atoms with Crippen LogP contribution in [0.3, 0.4) is 0 Å². The Hall–Kier alpha value is -0.540. The summed E-state index contributed by atoms with van der Waals surface area (Å²) >= 11 is 5.17. The maximum atomic E-state index is 12.0. The second-order valence-electron chi connectivity index (χ2n) is 4.84. The average molecular weight is 395 g/mol. The maximum absolute atomic E-state index is 12.0. The first-order valence-electron chi connectivity index (χ1n) is 6.72. The predicted octanol–water partition coefficient (Wildman–Crippen LogP) is 1.98. The third kappa shape index (κ3) is 4.01. The van der Waals surface area contributed by atoms with Crippen LogP contribution in [0.4, 0.5) is 11.6 Å². The van der Waals surface area contributed by atoms with Gasteiger partial charge in [0.05, 0.1) is 0 Å². The highest BCUT2D eigenvalue weighted by atomic mass is 79.9. The summed E-state index contributed by atoms with van der Waals surface area (Å²) < 4.78 is 24.7. The maximum Gasteiger partial charge on any atom is 0.169 e. The molecule has 9 heteroatoms. The van der Waals surface area contributed by atoms with Crippen LogP contribution >= 0.6 is 27.7 Å². The molecule has 1 atom stereocenters. The molecule has 1 aromatic heterocycles. The van der Waals surface area contributed by atoms with E-state index >= 15 is 0 Å². The molecule has 1 unspecified atom stereocenters. The third-order valence-electron chi connectivity index (χ3n) is 3.16. The number of anilines is 2. The van der Waals surface area contributed by atoms with Crippen molar-refractivity contribution in [3.05, 3.63) is 10.8 Å². The van der Waals surface area contributed by atoms with Gasteiger partial charge in [0.1, 0.15) is 27.8 Å². The van der Waals surface area contributed by atoms with Gasteiger partial charge in [-0.15, -0.1) is 0 Å².